The molecule has 0 saturated carbocycles. The van der Waals surface area contributed by atoms with Gasteiger partial charge in [0, 0.05) is 5.69 Å². The first-order valence-corrected chi connectivity index (χ1v) is 9.54. The van der Waals surface area contributed by atoms with Gasteiger partial charge in [-0.25, -0.2) is 8.42 Å². The van der Waals surface area contributed by atoms with Gasteiger partial charge in [-0.1, -0.05) is 12.1 Å². The van der Waals surface area contributed by atoms with Crippen LogP contribution in [0.2, 0.25) is 0 Å². The van der Waals surface area contributed by atoms with Crippen LogP contribution < -0.4 is 14.4 Å². The summed E-state index contributed by atoms with van der Waals surface area (Å²) in [6.07, 6.45) is 1.09. The topological polar surface area (TPSA) is 75.7 Å². The summed E-state index contributed by atoms with van der Waals surface area (Å²) in [4.78, 5) is 12.3. The Kier molecular flexibility index (Phi) is 5.69. The van der Waals surface area contributed by atoms with Crippen molar-refractivity contribution in [1.82, 2.24) is 0 Å². The van der Waals surface area contributed by atoms with Gasteiger partial charge in [0.15, 0.2) is 0 Å². The van der Waals surface area contributed by atoms with E-state index in [0.29, 0.717) is 17.1 Å². The van der Waals surface area contributed by atoms with Gasteiger partial charge in [0.25, 0.3) is 0 Å². The highest BCUT2D eigenvalue weighted by atomic mass is 32.2. The van der Waals surface area contributed by atoms with Crippen LogP contribution in [0.3, 0.4) is 0 Å². The van der Waals surface area contributed by atoms with Gasteiger partial charge in [-0.2, -0.15) is 0 Å². The van der Waals surface area contributed by atoms with Gasteiger partial charge >= 0.3 is 0 Å². The molecule has 0 atom stereocenters. The minimum absolute atomic E-state index is 0.296. The van der Waals surface area contributed by atoms with Gasteiger partial charge < -0.3 is 10.1 Å². The Morgan fingerprint density at radius 2 is 1.76 bits per heavy atom. The molecule has 7 heteroatoms. The standard InChI is InChI=1S/C18H22N2O4S/c1-13-5-6-14(2)17(11-13)20(25(4,22)23)12-18(21)19-15-7-9-16(24-3)10-8-15/h5-11H,12H2,1-4H3,(H,19,21). The number of amides is 1. The number of benzene rings is 2. The molecule has 2 aromatic rings. The number of aryl methyl sites for hydroxylation is 2. The predicted molar refractivity (Wildman–Crippen MR) is 99.7 cm³/mol. The van der Waals surface area contributed by atoms with Gasteiger partial charge in [0.2, 0.25) is 15.9 Å². The smallest absolute Gasteiger partial charge is 0.245 e. The van der Waals surface area contributed by atoms with E-state index < -0.39 is 15.9 Å². The number of carbonyl (C=O) groups is 1. The second kappa shape index (κ2) is 7.57. The molecule has 2 rings (SSSR count). The summed E-state index contributed by atoms with van der Waals surface area (Å²) in [5, 5.41) is 2.70. The van der Waals surface area contributed by atoms with Gasteiger partial charge in [-0.15, -0.1) is 0 Å². The first kappa shape index (κ1) is 18.8. The molecular weight excluding hydrogens is 340 g/mol. The van der Waals surface area contributed by atoms with Crippen molar-refractivity contribution in [1.29, 1.82) is 0 Å². The highest BCUT2D eigenvalue weighted by Crippen LogP contribution is 2.24. The third kappa shape index (κ3) is 4.96. The minimum atomic E-state index is -3.60. The number of hydrogen-bond donors (Lipinski definition) is 1. The van der Waals surface area contributed by atoms with Crippen molar-refractivity contribution in [3.05, 3.63) is 53.6 Å². The zero-order valence-corrected chi connectivity index (χ0v) is 15.6. The van der Waals surface area contributed by atoms with E-state index in [-0.39, 0.29) is 6.54 Å². The fraction of sp³-hybridized carbons (Fsp3) is 0.278. The highest BCUT2D eigenvalue weighted by molar-refractivity contribution is 7.92. The normalized spacial score (nSPS) is 11.0. The Balaban J connectivity index is 2.22. The molecule has 0 aliphatic heterocycles. The van der Waals surface area contributed by atoms with Crippen LogP contribution in [0.25, 0.3) is 0 Å². The zero-order valence-electron chi connectivity index (χ0n) is 14.7. The Labute approximate surface area is 148 Å². The van der Waals surface area contributed by atoms with Crippen LogP contribution >= 0.6 is 0 Å². The Bertz CT molecular complexity index is 861. The van der Waals surface area contributed by atoms with E-state index >= 15 is 0 Å². The maximum atomic E-state index is 12.3. The van der Waals surface area contributed by atoms with Crippen LogP contribution in [0.5, 0.6) is 5.75 Å². The average Bonchev–Trinajstić information content (AvgIpc) is 2.55. The number of methoxy groups -OCH3 is 1. The summed E-state index contributed by atoms with van der Waals surface area (Å²) in [5.41, 5.74) is 2.78. The largest absolute Gasteiger partial charge is 0.497 e. The van der Waals surface area contributed by atoms with Crippen molar-refractivity contribution >= 4 is 27.3 Å². The van der Waals surface area contributed by atoms with Crippen LogP contribution in [0.15, 0.2) is 42.5 Å². The predicted octanol–water partition coefficient (Wildman–Crippen LogP) is 2.72. The quantitative estimate of drug-likeness (QED) is 0.857. The summed E-state index contributed by atoms with van der Waals surface area (Å²) in [6.45, 7) is 3.39. The Hall–Kier alpha value is -2.54. The summed E-state index contributed by atoms with van der Waals surface area (Å²) >= 11 is 0. The molecule has 0 aliphatic carbocycles. The zero-order chi connectivity index (χ0) is 18.6. The van der Waals surface area contributed by atoms with Gasteiger partial charge in [0.05, 0.1) is 19.1 Å². The molecule has 1 N–H and O–H groups in total. The lowest BCUT2D eigenvalue weighted by atomic mass is 10.1. The molecule has 0 aromatic heterocycles. The molecule has 0 unspecified atom stereocenters. The second-order valence-corrected chi connectivity index (χ2v) is 7.74. The van der Waals surface area contributed by atoms with Crippen LogP contribution in [0.1, 0.15) is 11.1 Å². The fourth-order valence-corrected chi connectivity index (χ4v) is 3.28. The van der Waals surface area contributed by atoms with E-state index in [1.807, 2.05) is 26.0 Å². The number of nitrogens with zero attached hydrogens (tertiary/aromatic N) is 1. The number of rotatable bonds is 6. The molecule has 0 radical (unpaired) electrons. The molecule has 134 valence electrons. The van der Waals surface area contributed by atoms with E-state index in [4.69, 9.17) is 4.74 Å². The Morgan fingerprint density at radius 3 is 2.32 bits per heavy atom. The highest BCUT2D eigenvalue weighted by Gasteiger charge is 2.22. The van der Waals surface area contributed by atoms with E-state index in [2.05, 4.69) is 5.32 Å². The van der Waals surface area contributed by atoms with E-state index in [1.165, 1.54) is 0 Å². The molecule has 0 fully saturated rings. The molecule has 25 heavy (non-hydrogen) atoms. The molecule has 6 nitrogen and oxygen atoms in total. The molecule has 2 aromatic carbocycles. The average molecular weight is 362 g/mol. The number of ether oxygens (including phenoxy) is 1. The lowest BCUT2D eigenvalue weighted by Gasteiger charge is -2.24. The lowest BCUT2D eigenvalue weighted by Crippen LogP contribution is -2.37. The summed E-state index contributed by atoms with van der Waals surface area (Å²) in [6, 6.07) is 12.3. The van der Waals surface area contributed by atoms with Crippen molar-refractivity contribution in [2.45, 2.75) is 13.8 Å². The molecule has 0 saturated heterocycles. The SMILES string of the molecule is COc1ccc(NC(=O)CN(c2cc(C)ccc2C)S(C)(=O)=O)cc1. The summed E-state index contributed by atoms with van der Waals surface area (Å²) in [5.74, 6) is 0.252. The van der Waals surface area contributed by atoms with Crippen LogP contribution in [0, 0.1) is 13.8 Å². The maximum Gasteiger partial charge on any atom is 0.245 e. The minimum Gasteiger partial charge on any atom is -0.497 e. The first-order chi connectivity index (χ1) is 11.7. The maximum absolute atomic E-state index is 12.3. The molecule has 0 aliphatic rings. The third-order valence-corrected chi connectivity index (χ3v) is 4.82. The number of sulfonamides is 1. The number of anilines is 2. The lowest BCUT2D eigenvalue weighted by molar-refractivity contribution is -0.114. The van der Waals surface area contributed by atoms with Crippen molar-refractivity contribution in [3.8, 4) is 5.75 Å². The number of carbonyl (C=O) groups excluding carboxylic acids is 1. The van der Waals surface area contributed by atoms with Crippen molar-refractivity contribution < 1.29 is 17.9 Å². The molecule has 0 spiro atoms. The van der Waals surface area contributed by atoms with Gasteiger partial charge in [-0.3, -0.25) is 9.10 Å². The second-order valence-electron chi connectivity index (χ2n) is 5.84. The number of nitrogens with one attached hydrogen (secondary N) is 1. The van der Waals surface area contributed by atoms with Gasteiger partial charge in [-0.05, 0) is 55.3 Å². The number of hydrogen-bond acceptors (Lipinski definition) is 4. The molecular formula is C18H22N2O4S. The van der Waals surface area contributed by atoms with E-state index in [9.17, 15) is 13.2 Å². The van der Waals surface area contributed by atoms with Crippen molar-refractivity contribution in [2.75, 3.05) is 29.5 Å². The van der Waals surface area contributed by atoms with Crippen molar-refractivity contribution in [3.63, 3.8) is 0 Å². The van der Waals surface area contributed by atoms with E-state index in [0.717, 1.165) is 21.7 Å². The van der Waals surface area contributed by atoms with Crippen molar-refractivity contribution in [2.24, 2.45) is 0 Å². The van der Waals surface area contributed by atoms with E-state index in [1.54, 1.807) is 37.4 Å². The van der Waals surface area contributed by atoms with Crippen LogP contribution in [0.4, 0.5) is 11.4 Å². The molecule has 0 heterocycles. The third-order valence-electron chi connectivity index (χ3n) is 3.69. The molecule has 1 amide bonds. The molecule has 0 bridgehead atoms. The summed E-state index contributed by atoms with van der Waals surface area (Å²) in [7, 11) is -2.05. The van der Waals surface area contributed by atoms with Crippen LogP contribution in [-0.2, 0) is 14.8 Å². The summed E-state index contributed by atoms with van der Waals surface area (Å²) < 4.78 is 30.6. The van der Waals surface area contributed by atoms with Gasteiger partial charge in [0.1, 0.15) is 12.3 Å². The Morgan fingerprint density at radius 1 is 1.12 bits per heavy atom. The fourth-order valence-electron chi connectivity index (χ4n) is 2.37. The first-order valence-electron chi connectivity index (χ1n) is 7.69. The van der Waals surface area contributed by atoms with Crippen LogP contribution in [-0.4, -0.2) is 34.2 Å². The monoisotopic (exact) mass is 362 g/mol.